The van der Waals surface area contributed by atoms with Crippen LogP contribution >= 0.6 is 24.0 Å². The normalized spacial score (nSPS) is 11.7. The standard InChI is InChI=1S/C13H15NS2/c1-13(2,15)12-7-6-11(16-12)9-4-3-5-10(14)8-9/h3-8,15H,14H2,1-2H3. The molecule has 0 aliphatic heterocycles. The summed E-state index contributed by atoms with van der Waals surface area (Å²) in [4.78, 5) is 2.51. The number of hydrogen-bond acceptors (Lipinski definition) is 3. The van der Waals surface area contributed by atoms with Crippen LogP contribution < -0.4 is 5.73 Å². The highest BCUT2D eigenvalue weighted by atomic mass is 32.1. The van der Waals surface area contributed by atoms with Crippen molar-refractivity contribution in [2.24, 2.45) is 0 Å². The first-order chi connectivity index (χ1) is 7.47. The van der Waals surface area contributed by atoms with Crippen LogP contribution in [-0.4, -0.2) is 0 Å². The first-order valence-corrected chi connectivity index (χ1v) is 6.42. The topological polar surface area (TPSA) is 26.0 Å². The Morgan fingerprint density at radius 2 is 1.94 bits per heavy atom. The van der Waals surface area contributed by atoms with Crippen molar-refractivity contribution in [1.82, 2.24) is 0 Å². The van der Waals surface area contributed by atoms with Gasteiger partial charge in [-0.2, -0.15) is 12.6 Å². The molecule has 0 spiro atoms. The minimum atomic E-state index is -0.0801. The zero-order valence-electron chi connectivity index (χ0n) is 9.40. The largest absolute Gasteiger partial charge is 0.399 e. The highest BCUT2D eigenvalue weighted by Gasteiger charge is 2.17. The van der Waals surface area contributed by atoms with Gasteiger partial charge in [0.05, 0.1) is 0 Å². The van der Waals surface area contributed by atoms with E-state index in [-0.39, 0.29) is 4.75 Å². The summed E-state index contributed by atoms with van der Waals surface area (Å²) in [5, 5.41) is 0. The number of thiol groups is 1. The van der Waals surface area contributed by atoms with Gasteiger partial charge in [-0.3, -0.25) is 0 Å². The van der Waals surface area contributed by atoms with Crippen molar-refractivity contribution in [3.8, 4) is 10.4 Å². The number of benzene rings is 1. The van der Waals surface area contributed by atoms with Gasteiger partial charge < -0.3 is 5.73 Å². The highest BCUT2D eigenvalue weighted by molar-refractivity contribution is 7.81. The fourth-order valence-electron chi connectivity index (χ4n) is 1.51. The molecule has 84 valence electrons. The molecule has 0 saturated heterocycles. The van der Waals surface area contributed by atoms with Gasteiger partial charge in [0.15, 0.2) is 0 Å². The summed E-state index contributed by atoms with van der Waals surface area (Å²) in [7, 11) is 0. The molecule has 1 nitrogen and oxygen atoms in total. The summed E-state index contributed by atoms with van der Waals surface area (Å²) in [5.74, 6) is 0. The average molecular weight is 249 g/mol. The Kier molecular flexibility index (Phi) is 3.00. The van der Waals surface area contributed by atoms with Gasteiger partial charge in [-0.05, 0) is 43.7 Å². The van der Waals surface area contributed by atoms with Crippen LogP contribution in [-0.2, 0) is 4.75 Å². The van der Waals surface area contributed by atoms with Gasteiger partial charge in [0.1, 0.15) is 0 Å². The number of nitrogen functional groups attached to an aromatic ring is 1. The molecule has 0 bridgehead atoms. The molecule has 1 aromatic carbocycles. The third kappa shape index (κ3) is 2.42. The molecule has 0 aliphatic carbocycles. The number of rotatable bonds is 2. The predicted molar refractivity (Wildman–Crippen MR) is 76.2 cm³/mol. The summed E-state index contributed by atoms with van der Waals surface area (Å²) in [6, 6.07) is 12.2. The van der Waals surface area contributed by atoms with Crippen molar-refractivity contribution >= 4 is 29.7 Å². The van der Waals surface area contributed by atoms with Gasteiger partial charge in [-0.15, -0.1) is 11.3 Å². The zero-order chi connectivity index (χ0) is 11.8. The minimum Gasteiger partial charge on any atom is -0.399 e. The summed E-state index contributed by atoms with van der Waals surface area (Å²) < 4.78 is -0.0801. The lowest BCUT2D eigenvalue weighted by Crippen LogP contribution is -2.03. The number of hydrogen-bond donors (Lipinski definition) is 2. The quantitative estimate of drug-likeness (QED) is 0.606. The van der Waals surface area contributed by atoms with E-state index in [1.807, 2.05) is 18.2 Å². The maximum absolute atomic E-state index is 5.78. The SMILES string of the molecule is CC(C)(S)c1ccc(-c2cccc(N)c2)s1. The summed E-state index contributed by atoms with van der Waals surface area (Å²) >= 11 is 6.35. The van der Waals surface area contributed by atoms with Gasteiger partial charge >= 0.3 is 0 Å². The van der Waals surface area contributed by atoms with Gasteiger partial charge in [-0.1, -0.05) is 12.1 Å². The smallest absolute Gasteiger partial charge is 0.0415 e. The Morgan fingerprint density at radius 1 is 1.19 bits per heavy atom. The van der Waals surface area contributed by atoms with E-state index in [1.165, 1.54) is 15.3 Å². The molecule has 2 aromatic rings. The second-order valence-electron chi connectivity index (χ2n) is 4.35. The van der Waals surface area contributed by atoms with Gasteiger partial charge in [0, 0.05) is 20.2 Å². The Bertz CT molecular complexity index is 495. The fraction of sp³-hybridized carbons (Fsp3) is 0.231. The molecular formula is C13H15NS2. The van der Waals surface area contributed by atoms with Crippen LogP contribution in [0.3, 0.4) is 0 Å². The van der Waals surface area contributed by atoms with Gasteiger partial charge in [0.2, 0.25) is 0 Å². The molecule has 0 unspecified atom stereocenters. The van der Waals surface area contributed by atoms with Crippen LogP contribution in [0.4, 0.5) is 5.69 Å². The van der Waals surface area contributed by atoms with Gasteiger partial charge in [0.25, 0.3) is 0 Å². The summed E-state index contributed by atoms with van der Waals surface area (Å²) in [6.45, 7) is 4.20. The molecular weight excluding hydrogens is 234 g/mol. The monoisotopic (exact) mass is 249 g/mol. The Balaban J connectivity index is 2.39. The Morgan fingerprint density at radius 3 is 2.50 bits per heavy atom. The molecule has 0 radical (unpaired) electrons. The number of anilines is 1. The molecule has 16 heavy (non-hydrogen) atoms. The lowest BCUT2D eigenvalue weighted by Gasteiger charge is -2.14. The molecule has 2 N–H and O–H groups in total. The molecule has 1 heterocycles. The van der Waals surface area contributed by atoms with E-state index in [9.17, 15) is 0 Å². The van der Waals surface area contributed by atoms with Crippen molar-refractivity contribution < 1.29 is 0 Å². The van der Waals surface area contributed by atoms with Crippen molar-refractivity contribution in [2.75, 3.05) is 5.73 Å². The van der Waals surface area contributed by atoms with E-state index >= 15 is 0 Å². The molecule has 0 aliphatic rings. The van der Waals surface area contributed by atoms with Crippen LogP contribution in [0, 0.1) is 0 Å². The molecule has 2 rings (SSSR count). The van der Waals surface area contributed by atoms with Crippen molar-refractivity contribution in [3.63, 3.8) is 0 Å². The van der Waals surface area contributed by atoms with Crippen molar-refractivity contribution in [2.45, 2.75) is 18.6 Å². The van der Waals surface area contributed by atoms with E-state index in [0.717, 1.165) is 5.69 Å². The molecule has 1 aromatic heterocycles. The number of thiophene rings is 1. The Hall–Kier alpha value is -0.930. The summed E-state index contributed by atoms with van der Waals surface area (Å²) in [5.41, 5.74) is 7.76. The Labute approximate surface area is 106 Å². The second-order valence-corrected chi connectivity index (χ2v) is 6.55. The second kappa shape index (κ2) is 4.15. The van der Waals surface area contributed by atoms with Gasteiger partial charge in [-0.25, -0.2) is 0 Å². The van der Waals surface area contributed by atoms with E-state index in [0.29, 0.717) is 0 Å². The first-order valence-electron chi connectivity index (χ1n) is 5.15. The van der Waals surface area contributed by atoms with E-state index < -0.39 is 0 Å². The van der Waals surface area contributed by atoms with Crippen LogP contribution in [0.2, 0.25) is 0 Å². The third-order valence-electron chi connectivity index (χ3n) is 2.38. The molecule has 0 atom stereocenters. The van der Waals surface area contributed by atoms with Crippen molar-refractivity contribution in [3.05, 3.63) is 41.3 Å². The molecule has 0 saturated carbocycles. The highest BCUT2D eigenvalue weighted by Crippen LogP contribution is 2.37. The molecule has 0 fully saturated rings. The lowest BCUT2D eigenvalue weighted by molar-refractivity contribution is 0.812. The molecule has 0 amide bonds. The molecule has 3 heteroatoms. The lowest BCUT2D eigenvalue weighted by atomic mass is 10.1. The van der Waals surface area contributed by atoms with E-state index in [4.69, 9.17) is 5.73 Å². The number of nitrogens with two attached hydrogens (primary N) is 1. The minimum absolute atomic E-state index is 0.0801. The van der Waals surface area contributed by atoms with Crippen molar-refractivity contribution in [1.29, 1.82) is 0 Å². The third-order valence-corrected chi connectivity index (χ3v) is 4.23. The maximum atomic E-state index is 5.78. The van der Waals surface area contributed by atoms with Crippen LogP contribution in [0.15, 0.2) is 36.4 Å². The van der Waals surface area contributed by atoms with Crippen LogP contribution in [0.25, 0.3) is 10.4 Å². The van der Waals surface area contributed by atoms with Crippen LogP contribution in [0.5, 0.6) is 0 Å². The maximum Gasteiger partial charge on any atom is 0.0415 e. The summed E-state index contributed by atoms with van der Waals surface area (Å²) in [6.07, 6.45) is 0. The zero-order valence-corrected chi connectivity index (χ0v) is 11.1. The average Bonchev–Trinajstić information content (AvgIpc) is 2.65. The predicted octanol–water partition coefficient (Wildman–Crippen LogP) is 4.16. The fourth-order valence-corrected chi connectivity index (χ4v) is 2.73. The van der Waals surface area contributed by atoms with Crippen LogP contribution in [0.1, 0.15) is 18.7 Å². The first kappa shape index (κ1) is 11.6. The van der Waals surface area contributed by atoms with E-state index in [1.54, 1.807) is 11.3 Å². The van der Waals surface area contributed by atoms with E-state index in [2.05, 4.69) is 44.7 Å².